The monoisotopic (exact) mass is 592 g/mol. The number of hydrogen-bond acceptors (Lipinski definition) is 10. The number of benzene rings is 3. The minimum Gasteiger partial charge on any atom is -0.496 e. The summed E-state index contributed by atoms with van der Waals surface area (Å²) in [4.78, 5) is 0. The van der Waals surface area contributed by atoms with Gasteiger partial charge in [0.1, 0.15) is 18.1 Å². The maximum Gasteiger partial charge on any atom is 0.306 e. The van der Waals surface area contributed by atoms with Gasteiger partial charge in [-0.15, -0.1) is 0 Å². The highest BCUT2D eigenvalue weighted by Gasteiger charge is 2.28. The lowest BCUT2D eigenvalue weighted by atomic mass is 9.95. The summed E-state index contributed by atoms with van der Waals surface area (Å²) >= 11 is 0. The number of hydrogen-bond donors (Lipinski definition) is 0. The second kappa shape index (κ2) is 12.5. The fraction of sp³-hybridized carbons (Fsp3) is 0.286. The second-order valence-electron chi connectivity index (χ2n) is 8.89. The molecule has 0 amide bonds. The summed E-state index contributed by atoms with van der Waals surface area (Å²) in [6, 6.07) is 13.3. The first kappa shape index (κ1) is 30.6. The predicted octanol–water partition coefficient (Wildman–Crippen LogP) is 5.07. The van der Waals surface area contributed by atoms with E-state index in [9.17, 15) is 16.8 Å². The highest BCUT2D eigenvalue weighted by atomic mass is 32.2. The molecule has 0 fully saturated rings. The third-order valence-corrected chi connectivity index (χ3v) is 6.41. The summed E-state index contributed by atoms with van der Waals surface area (Å²) in [6.45, 7) is 3.98. The SMILES string of the molecule is COc1ccccc1-c1cc(OC)c(-c2ccc(OCC=C(C)C)c(OS(C)(=O)=O)c2)c(OS(C)(=O)=O)c1OC. The molecule has 0 unspecified atom stereocenters. The van der Waals surface area contributed by atoms with Gasteiger partial charge >= 0.3 is 20.2 Å². The Kier molecular flexibility index (Phi) is 9.59. The van der Waals surface area contributed by atoms with E-state index >= 15 is 0 Å². The number of ether oxygens (including phenoxy) is 4. The highest BCUT2D eigenvalue weighted by Crippen LogP contribution is 2.52. The summed E-state index contributed by atoms with van der Waals surface area (Å²) in [5.74, 6) is 0.677. The van der Waals surface area contributed by atoms with Crippen LogP contribution in [0.4, 0.5) is 0 Å². The molecule has 0 aliphatic rings. The normalized spacial score (nSPS) is 11.4. The number of methoxy groups -OCH3 is 3. The van der Waals surface area contributed by atoms with Gasteiger partial charge in [-0.05, 0) is 49.8 Å². The van der Waals surface area contributed by atoms with Gasteiger partial charge in [-0.3, -0.25) is 0 Å². The Balaban J connectivity index is 2.37. The molecule has 10 nitrogen and oxygen atoms in total. The zero-order chi connectivity index (χ0) is 29.7. The third-order valence-electron chi connectivity index (χ3n) is 5.46. The summed E-state index contributed by atoms with van der Waals surface area (Å²) in [7, 11) is -3.73. The Labute approximate surface area is 235 Å². The van der Waals surface area contributed by atoms with Crippen LogP contribution in [-0.4, -0.2) is 57.3 Å². The Morgan fingerprint density at radius 2 is 1.35 bits per heavy atom. The molecule has 3 aromatic rings. The quantitative estimate of drug-likeness (QED) is 0.208. The first-order valence-corrected chi connectivity index (χ1v) is 15.5. The molecular weight excluding hydrogens is 560 g/mol. The van der Waals surface area contributed by atoms with Crippen molar-refractivity contribution in [3.63, 3.8) is 0 Å². The topological polar surface area (TPSA) is 124 Å². The van der Waals surface area contributed by atoms with E-state index in [1.54, 1.807) is 36.4 Å². The van der Waals surface area contributed by atoms with Crippen molar-refractivity contribution in [2.24, 2.45) is 0 Å². The van der Waals surface area contributed by atoms with E-state index in [4.69, 9.17) is 27.3 Å². The maximum absolute atomic E-state index is 12.4. The van der Waals surface area contributed by atoms with E-state index in [2.05, 4.69) is 0 Å². The van der Waals surface area contributed by atoms with Crippen molar-refractivity contribution in [2.45, 2.75) is 13.8 Å². The van der Waals surface area contributed by atoms with Gasteiger partial charge in [0.2, 0.25) is 0 Å². The maximum atomic E-state index is 12.4. The third kappa shape index (κ3) is 7.60. The zero-order valence-corrected chi connectivity index (χ0v) is 24.9. The molecule has 0 N–H and O–H groups in total. The summed E-state index contributed by atoms with van der Waals surface area (Å²) < 4.78 is 82.3. The van der Waals surface area contributed by atoms with Gasteiger partial charge in [-0.1, -0.05) is 29.8 Å². The number of rotatable bonds is 12. The Bertz CT molecular complexity index is 1620. The van der Waals surface area contributed by atoms with Gasteiger partial charge in [0.25, 0.3) is 0 Å². The van der Waals surface area contributed by atoms with Crippen molar-refractivity contribution in [1.29, 1.82) is 0 Å². The molecule has 0 heterocycles. The molecule has 0 aliphatic carbocycles. The van der Waals surface area contributed by atoms with Gasteiger partial charge < -0.3 is 27.3 Å². The van der Waals surface area contributed by atoms with Gasteiger partial charge in [0, 0.05) is 11.1 Å². The minimum atomic E-state index is -4.07. The average molecular weight is 593 g/mol. The second-order valence-corrected chi connectivity index (χ2v) is 12.0. The van der Waals surface area contributed by atoms with E-state index in [0.717, 1.165) is 18.1 Å². The first-order valence-electron chi connectivity index (χ1n) is 11.9. The molecule has 0 aromatic heterocycles. The summed E-state index contributed by atoms with van der Waals surface area (Å²) in [6.07, 6.45) is 3.63. The molecule has 12 heteroatoms. The number of allylic oxidation sites excluding steroid dienone is 1. The molecule has 3 aromatic carbocycles. The van der Waals surface area contributed by atoms with Crippen LogP contribution in [-0.2, 0) is 20.2 Å². The minimum absolute atomic E-state index is 0.0835. The van der Waals surface area contributed by atoms with E-state index in [0.29, 0.717) is 22.4 Å². The molecule has 0 radical (unpaired) electrons. The van der Waals surface area contributed by atoms with Crippen molar-refractivity contribution in [1.82, 2.24) is 0 Å². The van der Waals surface area contributed by atoms with Crippen molar-refractivity contribution < 1.29 is 44.1 Å². The van der Waals surface area contributed by atoms with Crippen molar-refractivity contribution in [2.75, 3.05) is 40.4 Å². The van der Waals surface area contributed by atoms with Crippen LogP contribution in [0.15, 0.2) is 60.2 Å². The summed E-state index contributed by atoms with van der Waals surface area (Å²) in [5, 5.41) is 0. The molecule has 216 valence electrons. The first-order chi connectivity index (χ1) is 18.8. The van der Waals surface area contributed by atoms with Crippen LogP contribution in [0.3, 0.4) is 0 Å². The van der Waals surface area contributed by atoms with Crippen molar-refractivity contribution >= 4 is 20.2 Å². The van der Waals surface area contributed by atoms with Crippen molar-refractivity contribution in [3.8, 4) is 56.8 Å². The number of para-hydroxylation sites is 1. The smallest absolute Gasteiger partial charge is 0.306 e. The molecular formula is C28H32O10S2. The van der Waals surface area contributed by atoms with E-state index in [-0.39, 0.29) is 40.9 Å². The van der Waals surface area contributed by atoms with Crippen LogP contribution < -0.4 is 27.3 Å². The van der Waals surface area contributed by atoms with Crippen LogP contribution in [0.5, 0.6) is 34.5 Å². The van der Waals surface area contributed by atoms with Gasteiger partial charge in [-0.2, -0.15) is 16.8 Å². The van der Waals surface area contributed by atoms with Crippen LogP contribution in [0.2, 0.25) is 0 Å². The Morgan fingerprint density at radius 3 is 1.93 bits per heavy atom. The molecule has 0 spiro atoms. The highest BCUT2D eigenvalue weighted by molar-refractivity contribution is 7.86. The van der Waals surface area contributed by atoms with Crippen LogP contribution in [0.1, 0.15) is 13.8 Å². The Hall–Kier alpha value is -3.90. The standard InChI is InChI=1S/C28H32O10S2/c1-18(2)14-15-36-23-13-12-19(16-24(23)37-39(6,29)30)26-25(34-4)17-21(20-10-8-9-11-22(20)33-3)27(35-5)28(26)38-40(7,31)32/h8-14,16-17H,15H2,1-7H3. The zero-order valence-electron chi connectivity index (χ0n) is 23.3. The molecule has 0 saturated carbocycles. The summed E-state index contributed by atoms with van der Waals surface area (Å²) in [5.41, 5.74) is 2.53. The molecule has 0 saturated heterocycles. The Morgan fingerprint density at radius 1 is 0.700 bits per heavy atom. The van der Waals surface area contributed by atoms with Crippen LogP contribution >= 0.6 is 0 Å². The fourth-order valence-electron chi connectivity index (χ4n) is 3.86. The van der Waals surface area contributed by atoms with E-state index in [1.807, 2.05) is 19.9 Å². The van der Waals surface area contributed by atoms with Gasteiger partial charge in [0.05, 0.1) is 39.4 Å². The lowest BCUT2D eigenvalue weighted by Crippen LogP contribution is -2.10. The average Bonchev–Trinajstić information content (AvgIpc) is 2.86. The van der Waals surface area contributed by atoms with Gasteiger partial charge in [-0.25, -0.2) is 0 Å². The molecule has 0 atom stereocenters. The van der Waals surface area contributed by atoms with Crippen LogP contribution in [0, 0.1) is 0 Å². The van der Waals surface area contributed by atoms with E-state index < -0.39 is 20.2 Å². The van der Waals surface area contributed by atoms with Gasteiger partial charge in [0.15, 0.2) is 23.0 Å². The molecule has 0 aliphatic heterocycles. The largest absolute Gasteiger partial charge is 0.496 e. The lowest BCUT2D eigenvalue weighted by Gasteiger charge is -2.22. The molecule has 3 rings (SSSR count). The van der Waals surface area contributed by atoms with E-state index in [1.165, 1.54) is 33.5 Å². The molecule has 0 bridgehead atoms. The molecule has 40 heavy (non-hydrogen) atoms. The fourth-order valence-corrected chi connectivity index (χ4v) is 4.78. The van der Waals surface area contributed by atoms with Crippen molar-refractivity contribution in [3.05, 3.63) is 60.2 Å². The predicted molar refractivity (Wildman–Crippen MR) is 153 cm³/mol. The lowest BCUT2D eigenvalue weighted by molar-refractivity contribution is 0.347. The van der Waals surface area contributed by atoms with Crippen LogP contribution in [0.25, 0.3) is 22.3 Å².